The van der Waals surface area contributed by atoms with Gasteiger partial charge in [0.25, 0.3) is 0 Å². The van der Waals surface area contributed by atoms with E-state index in [0.29, 0.717) is 5.65 Å². The number of H-pyrrole nitrogens is 1. The summed E-state index contributed by atoms with van der Waals surface area (Å²) in [4.78, 5) is 18.5. The van der Waals surface area contributed by atoms with Gasteiger partial charge in [-0.1, -0.05) is 30.3 Å². The van der Waals surface area contributed by atoms with Crippen molar-refractivity contribution in [1.29, 1.82) is 0 Å². The van der Waals surface area contributed by atoms with E-state index in [1.165, 1.54) is 0 Å². The summed E-state index contributed by atoms with van der Waals surface area (Å²) in [5, 5.41) is 0.957. The third-order valence-electron chi connectivity index (χ3n) is 2.70. The Bertz CT molecular complexity index is 717. The maximum atomic E-state index is 11.6. The number of nitrogens with zero attached hydrogens (tertiary/aromatic N) is 1. The first kappa shape index (κ1) is 9.78. The molecule has 0 saturated carbocycles. The Morgan fingerprint density at radius 3 is 2.65 bits per heavy atom. The zero-order valence-electron chi connectivity index (χ0n) is 9.05. The van der Waals surface area contributed by atoms with Gasteiger partial charge in [-0.3, -0.25) is 4.79 Å². The molecule has 0 spiro atoms. The Morgan fingerprint density at radius 1 is 1.00 bits per heavy atom. The van der Waals surface area contributed by atoms with Gasteiger partial charge in [0.1, 0.15) is 5.65 Å². The number of rotatable bonds is 1. The van der Waals surface area contributed by atoms with Crippen LogP contribution in [0.5, 0.6) is 0 Å². The Labute approximate surface area is 97.8 Å². The molecule has 1 N–H and O–H groups in total. The Balaban J connectivity index is 2.40. The van der Waals surface area contributed by atoms with Crippen LogP contribution >= 0.6 is 0 Å². The van der Waals surface area contributed by atoms with Crippen molar-refractivity contribution >= 4 is 11.0 Å². The number of hydrogen-bond donors (Lipinski definition) is 1. The van der Waals surface area contributed by atoms with E-state index < -0.39 is 0 Å². The molecule has 0 aliphatic rings. The maximum absolute atomic E-state index is 11.6. The molecule has 0 unspecified atom stereocenters. The van der Waals surface area contributed by atoms with E-state index in [2.05, 4.69) is 9.97 Å². The molecule has 1 aromatic carbocycles. The topological polar surface area (TPSA) is 45.8 Å². The molecule has 0 atom stereocenters. The molecule has 0 aliphatic heterocycles. The van der Waals surface area contributed by atoms with Crippen LogP contribution in [0, 0.1) is 0 Å². The second-order valence-corrected chi connectivity index (χ2v) is 3.81. The molecule has 2 aromatic heterocycles. The van der Waals surface area contributed by atoms with Crippen molar-refractivity contribution < 1.29 is 0 Å². The van der Waals surface area contributed by atoms with Crippen LogP contribution in [0.2, 0.25) is 0 Å². The molecule has 0 bridgehead atoms. The van der Waals surface area contributed by atoms with Gasteiger partial charge < -0.3 is 4.98 Å². The van der Waals surface area contributed by atoms with Gasteiger partial charge in [0.2, 0.25) is 5.56 Å². The maximum Gasteiger partial charge on any atom is 0.250 e. The van der Waals surface area contributed by atoms with Gasteiger partial charge in [-0.05, 0) is 23.3 Å². The summed E-state index contributed by atoms with van der Waals surface area (Å²) in [6, 6.07) is 15.3. The van der Waals surface area contributed by atoms with Crippen LogP contribution in [0.3, 0.4) is 0 Å². The van der Waals surface area contributed by atoms with E-state index in [1.54, 1.807) is 12.3 Å². The quantitative estimate of drug-likeness (QED) is 0.687. The fourth-order valence-corrected chi connectivity index (χ4v) is 1.94. The lowest BCUT2D eigenvalue weighted by atomic mass is 10.0. The predicted molar refractivity (Wildman–Crippen MR) is 67.8 cm³/mol. The molecular formula is C14H10N2O. The van der Waals surface area contributed by atoms with Gasteiger partial charge in [0, 0.05) is 17.6 Å². The fourth-order valence-electron chi connectivity index (χ4n) is 1.94. The first-order valence-electron chi connectivity index (χ1n) is 5.38. The summed E-state index contributed by atoms with van der Waals surface area (Å²) in [7, 11) is 0. The van der Waals surface area contributed by atoms with Crippen molar-refractivity contribution in [3.8, 4) is 11.1 Å². The number of aromatic amines is 1. The molecular weight excluding hydrogens is 212 g/mol. The van der Waals surface area contributed by atoms with E-state index in [-0.39, 0.29) is 5.56 Å². The zero-order valence-corrected chi connectivity index (χ0v) is 9.05. The van der Waals surface area contributed by atoms with Gasteiger partial charge in [-0.25, -0.2) is 4.98 Å². The minimum atomic E-state index is -0.130. The van der Waals surface area contributed by atoms with E-state index in [9.17, 15) is 4.79 Å². The van der Waals surface area contributed by atoms with Crippen molar-refractivity contribution in [2.24, 2.45) is 0 Å². The minimum Gasteiger partial charge on any atom is -0.307 e. The van der Waals surface area contributed by atoms with Crippen LogP contribution in [0.25, 0.3) is 22.2 Å². The van der Waals surface area contributed by atoms with Crippen LogP contribution in [-0.4, -0.2) is 9.97 Å². The van der Waals surface area contributed by atoms with Crippen LogP contribution in [0.1, 0.15) is 0 Å². The van der Waals surface area contributed by atoms with E-state index in [1.807, 2.05) is 42.5 Å². The molecule has 2 heterocycles. The molecule has 3 aromatic rings. The lowest BCUT2D eigenvalue weighted by Crippen LogP contribution is -2.05. The van der Waals surface area contributed by atoms with E-state index in [4.69, 9.17) is 0 Å². The molecule has 0 saturated heterocycles. The summed E-state index contributed by atoms with van der Waals surface area (Å²) < 4.78 is 0. The third-order valence-corrected chi connectivity index (χ3v) is 2.70. The van der Waals surface area contributed by atoms with Crippen LogP contribution in [-0.2, 0) is 0 Å². The highest BCUT2D eigenvalue weighted by molar-refractivity contribution is 5.92. The van der Waals surface area contributed by atoms with Gasteiger partial charge >= 0.3 is 0 Å². The predicted octanol–water partition coefficient (Wildman–Crippen LogP) is 2.59. The van der Waals surface area contributed by atoms with Crippen molar-refractivity contribution in [1.82, 2.24) is 9.97 Å². The lowest BCUT2D eigenvalue weighted by Gasteiger charge is -2.05. The summed E-state index contributed by atoms with van der Waals surface area (Å²) in [6.45, 7) is 0. The van der Waals surface area contributed by atoms with Gasteiger partial charge in [0.15, 0.2) is 0 Å². The minimum absolute atomic E-state index is 0.130. The van der Waals surface area contributed by atoms with Crippen molar-refractivity contribution in [2.75, 3.05) is 0 Å². The number of nitrogens with one attached hydrogen (secondary N) is 1. The van der Waals surface area contributed by atoms with Crippen LogP contribution < -0.4 is 5.56 Å². The second-order valence-electron chi connectivity index (χ2n) is 3.81. The molecule has 3 heteroatoms. The molecule has 0 amide bonds. The molecule has 0 aliphatic carbocycles. The van der Waals surface area contributed by atoms with E-state index >= 15 is 0 Å². The molecule has 0 fully saturated rings. The molecule has 82 valence electrons. The van der Waals surface area contributed by atoms with Crippen LogP contribution in [0.15, 0.2) is 59.5 Å². The summed E-state index contributed by atoms with van der Waals surface area (Å²) >= 11 is 0. The first-order valence-corrected chi connectivity index (χ1v) is 5.38. The third kappa shape index (κ3) is 1.72. The highest BCUT2D eigenvalue weighted by Crippen LogP contribution is 2.24. The number of aromatic nitrogens is 2. The number of fused-ring (bicyclic) bond motifs is 1. The summed E-state index contributed by atoms with van der Waals surface area (Å²) in [6.07, 6.45) is 1.67. The van der Waals surface area contributed by atoms with Crippen molar-refractivity contribution in [2.45, 2.75) is 0 Å². The monoisotopic (exact) mass is 222 g/mol. The van der Waals surface area contributed by atoms with Crippen molar-refractivity contribution in [3.63, 3.8) is 0 Å². The Kier molecular flexibility index (Phi) is 2.22. The summed E-state index contributed by atoms with van der Waals surface area (Å²) in [5.74, 6) is 0. The summed E-state index contributed by atoms with van der Waals surface area (Å²) in [5.41, 5.74) is 2.43. The molecule has 3 nitrogen and oxygen atoms in total. The average molecular weight is 222 g/mol. The second kappa shape index (κ2) is 3.87. The molecule has 3 rings (SSSR count). The zero-order chi connectivity index (χ0) is 11.7. The first-order chi connectivity index (χ1) is 8.34. The van der Waals surface area contributed by atoms with Gasteiger partial charge in [-0.2, -0.15) is 0 Å². The normalized spacial score (nSPS) is 10.6. The van der Waals surface area contributed by atoms with Crippen LogP contribution in [0.4, 0.5) is 0 Å². The van der Waals surface area contributed by atoms with Crippen molar-refractivity contribution in [3.05, 3.63) is 65.1 Å². The lowest BCUT2D eigenvalue weighted by molar-refractivity contribution is 1.23. The Hall–Kier alpha value is -2.42. The Morgan fingerprint density at radius 2 is 1.82 bits per heavy atom. The standard InChI is InChI=1S/C14H10N2O/c17-13-9-12(10-5-2-1-3-6-10)11-7-4-8-15-14(11)16-13/h1-9H,(H,15,16,17). The number of hydrogen-bond acceptors (Lipinski definition) is 2. The largest absolute Gasteiger partial charge is 0.307 e. The van der Waals surface area contributed by atoms with Gasteiger partial charge in [-0.15, -0.1) is 0 Å². The molecule has 17 heavy (non-hydrogen) atoms. The highest BCUT2D eigenvalue weighted by Gasteiger charge is 2.05. The SMILES string of the molecule is O=c1cc(-c2ccccc2)c2cccnc2[nH]1. The fraction of sp³-hybridized carbons (Fsp3) is 0. The number of benzene rings is 1. The smallest absolute Gasteiger partial charge is 0.250 e. The molecule has 0 radical (unpaired) electrons. The van der Waals surface area contributed by atoms with Gasteiger partial charge in [0.05, 0.1) is 0 Å². The van der Waals surface area contributed by atoms with E-state index in [0.717, 1.165) is 16.5 Å². The average Bonchev–Trinajstić information content (AvgIpc) is 2.39. The highest BCUT2D eigenvalue weighted by atomic mass is 16.1. The number of pyridine rings is 2.